The predicted octanol–water partition coefficient (Wildman–Crippen LogP) is 2.16. The van der Waals surface area contributed by atoms with Crippen molar-refractivity contribution >= 4 is 27.2 Å². The van der Waals surface area contributed by atoms with Crippen molar-refractivity contribution in [3.05, 3.63) is 70.9 Å². The van der Waals surface area contributed by atoms with Gasteiger partial charge in [-0.05, 0) is 36.4 Å². The fourth-order valence-electron chi connectivity index (χ4n) is 2.09. The summed E-state index contributed by atoms with van der Waals surface area (Å²) in [6.45, 7) is 0. The van der Waals surface area contributed by atoms with Crippen molar-refractivity contribution in [2.75, 3.05) is 10.5 Å². The van der Waals surface area contributed by atoms with Gasteiger partial charge in [0.15, 0.2) is 5.82 Å². The maximum atomic E-state index is 12.3. The SMILES string of the molecule is Nc1ccc(S(=O)(=O)Nc2ccn(-c3ccc([N+](=O)[O-])cc3)n2)cc1. The molecule has 3 aromatic rings. The summed E-state index contributed by atoms with van der Waals surface area (Å²) in [5.74, 6) is 0.121. The van der Waals surface area contributed by atoms with Crippen molar-refractivity contribution in [2.24, 2.45) is 0 Å². The summed E-state index contributed by atoms with van der Waals surface area (Å²) < 4.78 is 28.4. The van der Waals surface area contributed by atoms with Crippen LogP contribution in [0.25, 0.3) is 5.69 Å². The summed E-state index contributed by atoms with van der Waals surface area (Å²) in [5, 5.41) is 14.8. The molecule has 0 amide bonds. The lowest BCUT2D eigenvalue weighted by Gasteiger charge is -2.06. The van der Waals surface area contributed by atoms with E-state index in [1.165, 1.54) is 59.3 Å². The summed E-state index contributed by atoms with van der Waals surface area (Å²) in [4.78, 5) is 10.2. The number of nitrogens with one attached hydrogen (secondary N) is 1. The third-order valence-corrected chi connectivity index (χ3v) is 4.71. The van der Waals surface area contributed by atoms with Crippen molar-refractivity contribution in [2.45, 2.75) is 4.90 Å². The zero-order valence-electron chi connectivity index (χ0n) is 12.7. The van der Waals surface area contributed by atoms with Crippen LogP contribution in [-0.2, 0) is 10.0 Å². The van der Waals surface area contributed by atoms with E-state index in [2.05, 4.69) is 9.82 Å². The van der Waals surface area contributed by atoms with E-state index in [9.17, 15) is 18.5 Å². The highest BCUT2D eigenvalue weighted by atomic mass is 32.2. The van der Waals surface area contributed by atoms with Gasteiger partial charge in [0.25, 0.3) is 15.7 Å². The van der Waals surface area contributed by atoms with Crippen LogP contribution in [0.5, 0.6) is 0 Å². The van der Waals surface area contributed by atoms with Gasteiger partial charge in [0, 0.05) is 30.1 Å². The van der Waals surface area contributed by atoms with Crippen LogP contribution in [0.4, 0.5) is 17.2 Å². The van der Waals surface area contributed by atoms with E-state index in [-0.39, 0.29) is 16.4 Å². The highest BCUT2D eigenvalue weighted by Gasteiger charge is 2.15. The fourth-order valence-corrected chi connectivity index (χ4v) is 3.09. The number of anilines is 2. The highest BCUT2D eigenvalue weighted by molar-refractivity contribution is 7.92. The number of nitro groups is 1. The van der Waals surface area contributed by atoms with Crippen molar-refractivity contribution in [1.82, 2.24) is 9.78 Å². The van der Waals surface area contributed by atoms with Gasteiger partial charge in [-0.2, -0.15) is 0 Å². The minimum absolute atomic E-state index is 0.0415. The monoisotopic (exact) mass is 359 g/mol. The molecule has 0 aliphatic rings. The molecule has 0 saturated heterocycles. The zero-order chi connectivity index (χ0) is 18.0. The Hall–Kier alpha value is -3.40. The van der Waals surface area contributed by atoms with Gasteiger partial charge in [-0.25, -0.2) is 13.1 Å². The number of rotatable bonds is 5. The van der Waals surface area contributed by atoms with E-state index in [1.807, 2.05) is 0 Å². The van der Waals surface area contributed by atoms with Gasteiger partial charge < -0.3 is 5.73 Å². The molecule has 10 heteroatoms. The first-order valence-corrected chi connectivity index (χ1v) is 8.52. The minimum atomic E-state index is -3.79. The molecule has 1 heterocycles. The first-order chi connectivity index (χ1) is 11.8. The summed E-state index contributed by atoms with van der Waals surface area (Å²) in [5.41, 5.74) is 6.52. The zero-order valence-corrected chi connectivity index (χ0v) is 13.6. The molecule has 3 N–H and O–H groups in total. The van der Waals surface area contributed by atoms with Gasteiger partial charge in [-0.1, -0.05) is 0 Å². The van der Waals surface area contributed by atoms with E-state index in [0.29, 0.717) is 11.4 Å². The molecule has 2 aromatic carbocycles. The van der Waals surface area contributed by atoms with Crippen LogP contribution in [0.1, 0.15) is 0 Å². The Bertz CT molecular complexity index is 1010. The smallest absolute Gasteiger partial charge is 0.269 e. The lowest BCUT2D eigenvalue weighted by Crippen LogP contribution is -2.13. The first-order valence-electron chi connectivity index (χ1n) is 7.04. The first kappa shape index (κ1) is 16.5. The number of nitrogen functional groups attached to an aromatic ring is 1. The van der Waals surface area contributed by atoms with Crippen LogP contribution in [0.3, 0.4) is 0 Å². The van der Waals surface area contributed by atoms with E-state index < -0.39 is 14.9 Å². The van der Waals surface area contributed by atoms with E-state index in [4.69, 9.17) is 5.73 Å². The van der Waals surface area contributed by atoms with Crippen molar-refractivity contribution in [3.8, 4) is 5.69 Å². The average Bonchev–Trinajstić information content (AvgIpc) is 3.03. The molecule has 0 atom stereocenters. The quantitative estimate of drug-likeness (QED) is 0.407. The molecular weight excluding hydrogens is 346 g/mol. The number of nitro benzene ring substituents is 1. The molecule has 9 nitrogen and oxygen atoms in total. The van der Waals surface area contributed by atoms with Crippen LogP contribution in [0.2, 0.25) is 0 Å². The number of non-ortho nitro benzene ring substituents is 1. The van der Waals surface area contributed by atoms with Gasteiger partial charge >= 0.3 is 0 Å². The van der Waals surface area contributed by atoms with Crippen molar-refractivity contribution < 1.29 is 13.3 Å². The summed E-state index contributed by atoms with van der Waals surface area (Å²) in [6, 6.07) is 13.0. The van der Waals surface area contributed by atoms with E-state index >= 15 is 0 Å². The Morgan fingerprint density at radius 1 is 1.04 bits per heavy atom. The second-order valence-corrected chi connectivity index (χ2v) is 6.78. The molecule has 0 bridgehead atoms. The Labute approximate surface area is 142 Å². The fraction of sp³-hybridized carbons (Fsp3) is 0. The number of hydrogen-bond donors (Lipinski definition) is 2. The summed E-state index contributed by atoms with van der Waals surface area (Å²) >= 11 is 0. The molecule has 128 valence electrons. The standard InChI is InChI=1S/C15H13N5O4S/c16-11-1-7-14(8-2-11)25(23,24)18-15-9-10-19(17-15)12-3-5-13(6-4-12)20(21)22/h1-10H,16H2,(H,17,18). The highest BCUT2D eigenvalue weighted by Crippen LogP contribution is 2.18. The normalized spacial score (nSPS) is 11.2. The average molecular weight is 359 g/mol. The van der Waals surface area contributed by atoms with Gasteiger partial charge in [-0.3, -0.25) is 14.8 Å². The largest absolute Gasteiger partial charge is 0.399 e. The topological polar surface area (TPSA) is 133 Å². The van der Waals surface area contributed by atoms with Gasteiger partial charge in [0.1, 0.15) is 0 Å². The summed E-state index contributed by atoms with van der Waals surface area (Å²) in [6.07, 6.45) is 1.54. The van der Waals surface area contributed by atoms with Crippen LogP contribution in [0, 0.1) is 10.1 Å². The Morgan fingerprint density at radius 3 is 2.28 bits per heavy atom. The van der Waals surface area contributed by atoms with E-state index in [1.54, 1.807) is 6.20 Å². The van der Waals surface area contributed by atoms with Gasteiger partial charge in [0.2, 0.25) is 0 Å². The molecule has 25 heavy (non-hydrogen) atoms. The lowest BCUT2D eigenvalue weighted by molar-refractivity contribution is -0.384. The molecule has 3 rings (SSSR count). The molecular formula is C15H13N5O4S. The second kappa shape index (κ2) is 6.24. The number of hydrogen-bond acceptors (Lipinski definition) is 6. The second-order valence-electron chi connectivity index (χ2n) is 5.09. The Balaban J connectivity index is 1.81. The van der Waals surface area contributed by atoms with Crippen molar-refractivity contribution in [1.29, 1.82) is 0 Å². The maximum absolute atomic E-state index is 12.3. The molecule has 0 saturated carbocycles. The number of benzene rings is 2. The summed E-state index contributed by atoms with van der Waals surface area (Å²) in [7, 11) is -3.79. The minimum Gasteiger partial charge on any atom is -0.399 e. The molecule has 0 fully saturated rings. The molecule has 1 aromatic heterocycles. The lowest BCUT2D eigenvalue weighted by atomic mass is 10.3. The third-order valence-electron chi connectivity index (χ3n) is 3.34. The molecule has 0 spiro atoms. The van der Waals surface area contributed by atoms with Crippen LogP contribution in [0.15, 0.2) is 65.7 Å². The van der Waals surface area contributed by atoms with Gasteiger partial charge in [-0.15, -0.1) is 5.10 Å². The van der Waals surface area contributed by atoms with Crippen LogP contribution in [-0.4, -0.2) is 23.1 Å². The molecule has 0 aliphatic carbocycles. The third kappa shape index (κ3) is 3.58. The predicted molar refractivity (Wildman–Crippen MR) is 91.9 cm³/mol. The molecule has 0 unspecified atom stereocenters. The Kier molecular flexibility index (Phi) is 4.11. The van der Waals surface area contributed by atoms with Crippen molar-refractivity contribution in [3.63, 3.8) is 0 Å². The number of sulfonamides is 1. The van der Waals surface area contributed by atoms with Crippen LogP contribution < -0.4 is 10.5 Å². The van der Waals surface area contributed by atoms with E-state index in [0.717, 1.165) is 0 Å². The van der Waals surface area contributed by atoms with Gasteiger partial charge in [0.05, 0.1) is 15.5 Å². The molecule has 0 aliphatic heterocycles. The number of aromatic nitrogens is 2. The number of nitrogens with zero attached hydrogens (tertiary/aromatic N) is 3. The Morgan fingerprint density at radius 2 is 1.68 bits per heavy atom. The number of nitrogens with two attached hydrogens (primary N) is 1. The molecule has 0 radical (unpaired) electrons. The maximum Gasteiger partial charge on any atom is 0.269 e. The van der Waals surface area contributed by atoms with Crippen LogP contribution >= 0.6 is 0 Å².